The van der Waals surface area contributed by atoms with Crippen LogP contribution < -0.4 is 0 Å². The third-order valence-electron chi connectivity index (χ3n) is 4.79. The first-order valence-corrected chi connectivity index (χ1v) is 11.4. The summed E-state index contributed by atoms with van der Waals surface area (Å²) in [6.07, 6.45) is 0.0533. The van der Waals surface area contributed by atoms with Crippen LogP contribution in [0.25, 0.3) is 0 Å². The van der Waals surface area contributed by atoms with Crippen molar-refractivity contribution in [2.75, 3.05) is 26.2 Å². The molecule has 0 aliphatic carbocycles. The monoisotopic (exact) mass is 460 g/mol. The van der Waals surface area contributed by atoms with Crippen LogP contribution in [0.3, 0.4) is 0 Å². The number of halogens is 3. The van der Waals surface area contributed by atoms with Crippen molar-refractivity contribution in [1.29, 1.82) is 0 Å². The number of hydrogen-bond acceptors (Lipinski definition) is 5. The predicted molar refractivity (Wildman–Crippen MR) is 104 cm³/mol. The van der Waals surface area contributed by atoms with E-state index >= 15 is 0 Å². The Bertz CT molecular complexity index is 1080. The van der Waals surface area contributed by atoms with Gasteiger partial charge in [0, 0.05) is 43.9 Å². The molecule has 0 N–H and O–H groups in total. The quantitative estimate of drug-likeness (QED) is 0.491. The Kier molecular flexibility index (Phi) is 6.63. The molecule has 1 saturated heterocycles. The van der Waals surface area contributed by atoms with Gasteiger partial charge in [0.05, 0.1) is 4.88 Å². The zero-order valence-electron chi connectivity index (χ0n) is 16.0. The molecule has 0 bridgehead atoms. The number of ketones is 1. The number of rotatable bonds is 6. The number of Topliss-reactive ketones (excluding diaryl/α,β-unsaturated/α-hetero) is 1. The first-order valence-electron chi connectivity index (χ1n) is 9.12. The first kappa shape index (κ1) is 22.4. The summed E-state index contributed by atoms with van der Waals surface area (Å²) in [4.78, 5) is 26.6. The molecule has 6 nitrogen and oxygen atoms in total. The largest absolute Gasteiger partial charge is 0.340 e. The van der Waals surface area contributed by atoms with Crippen molar-refractivity contribution in [2.45, 2.75) is 24.7 Å². The number of carbonyl (C=O) groups is 2. The van der Waals surface area contributed by atoms with Gasteiger partial charge in [-0.3, -0.25) is 9.59 Å². The van der Waals surface area contributed by atoms with Gasteiger partial charge in [-0.2, -0.15) is 4.31 Å². The lowest BCUT2D eigenvalue weighted by molar-refractivity contribution is -0.132. The van der Waals surface area contributed by atoms with Gasteiger partial charge in [0.1, 0.15) is 4.90 Å². The summed E-state index contributed by atoms with van der Waals surface area (Å²) in [7, 11) is -4.38. The van der Waals surface area contributed by atoms with E-state index in [1.54, 1.807) is 6.07 Å². The Morgan fingerprint density at radius 2 is 1.63 bits per heavy atom. The molecule has 0 radical (unpaired) electrons. The van der Waals surface area contributed by atoms with Crippen LogP contribution in [-0.2, 0) is 14.8 Å². The third kappa shape index (κ3) is 4.57. The van der Waals surface area contributed by atoms with Crippen LogP contribution in [0.15, 0.2) is 29.2 Å². The van der Waals surface area contributed by atoms with Gasteiger partial charge in [-0.1, -0.05) is 0 Å². The van der Waals surface area contributed by atoms with Crippen LogP contribution in [0.2, 0.25) is 0 Å². The fraction of sp³-hybridized carbons (Fsp3) is 0.368. The van der Waals surface area contributed by atoms with E-state index in [0.29, 0.717) is 17.0 Å². The SMILES string of the molecule is Cc1ccc(C(=O)CCC(=O)N2CCN(S(=O)(=O)c3ccc(F)c(F)c3F)CC2)s1. The molecule has 0 spiro atoms. The van der Waals surface area contributed by atoms with Crippen LogP contribution in [0.5, 0.6) is 0 Å². The van der Waals surface area contributed by atoms with Crippen LogP contribution in [-0.4, -0.2) is 55.5 Å². The molecular formula is C19H19F3N2O4S2. The molecule has 0 atom stereocenters. The fourth-order valence-corrected chi connectivity index (χ4v) is 5.42. The molecular weight excluding hydrogens is 441 g/mol. The number of hydrogen-bond donors (Lipinski definition) is 0. The summed E-state index contributed by atoms with van der Waals surface area (Å²) in [6.45, 7) is 1.74. The number of aryl methyl sites for hydroxylation is 1. The molecule has 30 heavy (non-hydrogen) atoms. The minimum absolute atomic E-state index is 0.000330. The number of amides is 1. The first-order chi connectivity index (χ1) is 14.1. The molecule has 2 heterocycles. The summed E-state index contributed by atoms with van der Waals surface area (Å²) in [5, 5.41) is 0. The molecule has 1 aromatic carbocycles. The highest BCUT2D eigenvalue weighted by Crippen LogP contribution is 2.24. The van der Waals surface area contributed by atoms with Gasteiger partial charge in [0.25, 0.3) is 0 Å². The highest BCUT2D eigenvalue weighted by atomic mass is 32.2. The summed E-state index contributed by atoms with van der Waals surface area (Å²) in [6, 6.07) is 4.78. The number of thiophene rings is 1. The van der Waals surface area contributed by atoms with E-state index in [4.69, 9.17) is 0 Å². The van der Waals surface area contributed by atoms with Crippen molar-refractivity contribution >= 4 is 33.1 Å². The third-order valence-corrected chi connectivity index (χ3v) is 7.75. The Balaban J connectivity index is 1.58. The Hall–Kier alpha value is -2.24. The van der Waals surface area contributed by atoms with E-state index in [0.717, 1.165) is 9.18 Å². The topological polar surface area (TPSA) is 74.8 Å². The molecule has 1 aliphatic rings. The fourth-order valence-electron chi connectivity index (χ4n) is 3.11. The second kappa shape index (κ2) is 8.86. The van der Waals surface area contributed by atoms with Gasteiger partial charge in [0.2, 0.25) is 15.9 Å². The number of sulfonamides is 1. The minimum Gasteiger partial charge on any atom is -0.340 e. The van der Waals surface area contributed by atoms with Gasteiger partial charge in [-0.05, 0) is 31.2 Å². The summed E-state index contributed by atoms with van der Waals surface area (Å²) >= 11 is 1.36. The Morgan fingerprint density at radius 1 is 0.967 bits per heavy atom. The second-order valence-electron chi connectivity index (χ2n) is 6.79. The van der Waals surface area contributed by atoms with E-state index in [1.165, 1.54) is 16.2 Å². The van der Waals surface area contributed by atoms with E-state index < -0.39 is 32.4 Å². The molecule has 162 valence electrons. The zero-order chi connectivity index (χ0) is 22.1. The summed E-state index contributed by atoms with van der Waals surface area (Å²) in [5.41, 5.74) is 0. The number of piperazine rings is 1. The molecule has 0 saturated carbocycles. The lowest BCUT2D eigenvalue weighted by Gasteiger charge is -2.34. The van der Waals surface area contributed by atoms with Gasteiger partial charge in [-0.15, -0.1) is 11.3 Å². The number of benzene rings is 1. The van der Waals surface area contributed by atoms with Gasteiger partial charge in [0.15, 0.2) is 23.2 Å². The lowest BCUT2D eigenvalue weighted by atomic mass is 10.1. The highest BCUT2D eigenvalue weighted by Gasteiger charge is 2.33. The standard InChI is InChI=1S/C19H19F3N2O4S2/c1-12-2-5-15(29-12)14(25)4-7-17(26)23-8-10-24(11-9-23)30(27,28)16-6-3-13(20)18(21)19(16)22/h2-3,5-6H,4,7-11H2,1H3. The Labute approximate surface area is 176 Å². The average molecular weight is 460 g/mol. The van der Waals surface area contributed by atoms with Gasteiger partial charge in [-0.25, -0.2) is 21.6 Å². The van der Waals surface area contributed by atoms with E-state index in [9.17, 15) is 31.2 Å². The van der Waals surface area contributed by atoms with Crippen molar-refractivity contribution in [3.05, 3.63) is 51.5 Å². The van der Waals surface area contributed by atoms with Crippen LogP contribution in [0.1, 0.15) is 27.4 Å². The van der Waals surface area contributed by atoms with E-state index in [1.807, 2.05) is 13.0 Å². The molecule has 3 rings (SSSR count). The number of carbonyl (C=O) groups excluding carboxylic acids is 2. The summed E-state index contributed by atoms with van der Waals surface area (Å²) < 4.78 is 66.5. The molecule has 1 aliphatic heterocycles. The zero-order valence-corrected chi connectivity index (χ0v) is 17.7. The van der Waals surface area contributed by atoms with E-state index in [2.05, 4.69) is 0 Å². The van der Waals surface area contributed by atoms with E-state index in [-0.39, 0.29) is 50.7 Å². The molecule has 1 amide bonds. The second-order valence-corrected chi connectivity index (χ2v) is 9.99. The van der Waals surface area contributed by atoms with Crippen molar-refractivity contribution in [3.8, 4) is 0 Å². The molecule has 1 aromatic heterocycles. The van der Waals surface area contributed by atoms with Crippen LogP contribution in [0.4, 0.5) is 13.2 Å². The maximum absolute atomic E-state index is 13.9. The van der Waals surface area contributed by atoms with Crippen molar-refractivity contribution in [1.82, 2.24) is 9.21 Å². The predicted octanol–water partition coefficient (Wildman–Crippen LogP) is 2.97. The van der Waals surface area contributed by atoms with Gasteiger partial charge >= 0.3 is 0 Å². The van der Waals surface area contributed by atoms with Crippen molar-refractivity contribution in [2.24, 2.45) is 0 Å². The number of nitrogens with zero attached hydrogens (tertiary/aromatic N) is 2. The molecule has 2 aromatic rings. The average Bonchev–Trinajstić information content (AvgIpc) is 3.16. The summed E-state index contributed by atoms with van der Waals surface area (Å²) in [5.74, 6) is -5.51. The highest BCUT2D eigenvalue weighted by molar-refractivity contribution is 7.89. The molecule has 0 unspecified atom stereocenters. The van der Waals surface area contributed by atoms with Crippen molar-refractivity contribution < 1.29 is 31.2 Å². The van der Waals surface area contributed by atoms with Gasteiger partial charge < -0.3 is 4.90 Å². The minimum atomic E-state index is -4.38. The van der Waals surface area contributed by atoms with Crippen molar-refractivity contribution in [3.63, 3.8) is 0 Å². The molecule has 1 fully saturated rings. The lowest BCUT2D eigenvalue weighted by Crippen LogP contribution is -2.50. The normalized spacial score (nSPS) is 15.4. The van der Waals surface area contributed by atoms with Crippen LogP contribution in [0, 0.1) is 24.4 Å². The maximum atomic E-state index is 13.9. The Morgan fingerprint density at radius 3 is 2.23 bits per heavy atom. The molecule has 11 heteroatoms. The maximum Gasteiger partial charge on any atom is 0.246 e. The van der Waals surface area contributed by atoms with Crippen LogP contribution >= 0.6 is 11.3 Å². The smallest absolute Gasteiger partial charge is 0.246 e.